The van der Waals surface area contributed by atoms with Crippen molar-refractivity contribution in [2.45, 2.75) is 64.2 Å². The summed E-state index contributed by atoms with van der Waals surface area (Å²) in [6, 6.07) is 31.0. The van der Waals surface area contributed by atoms with Gasteiger partial charge in [0.15, 0.2) is 5.78 Å². The van der Waals surface area contributed by atoms with Crippen LogP contribution in [-0.4, -0.2) is 16.7 Å². The summed E-state index contributed by atoms with van der Waals surface area (Å²) in [5, 5.41) is 2.98. The van der Waals surface area contributed by atoms with E-state index in [4.69, 9.17) is 0 Å². The number of hydrogen-bond acceptors (Lipinski definition) is 3. The van der Waals surface area contributed by atoms with Crippen LogP contribution in [0, 0.1) is 18.3 Å². The van der Waals surface area contributed by atoms with Gasteiger partial charge in [-0.25, -0.2) is 0 Å². The van der Waals surface area contributed by atoms with Gasteiger partial charge >= 0.3 is 0 Å². The summed E-state index contributed by atoms with van der Waals surface area (Å²) >= 11 is 0. The van der Waals surface area contributed by atoms with Gasteiger partial charge in [-0.2, -0.15) is 0 Å². The molecule has 2 aliphatic carbocycles. The fourth-order valence-electron chi connectivity index (χ4n) is 7.75. The largest absolute Gasteiger partial charge is 0.320 e. The lowest BCUT2D eigenvalue weighted by Crippen LogP contribution is -2.57. The second-order valence-corrected chi connectivity index (χ2v) is 13.0. The van der Waals surface area contributed by atoms with Crippen molar-refractivity contribution in [3.63, 3.8) is 0 Å². The van der Waals surface area contributed by atoms with Crippen LogP contribution in [-0.2, 0) is 17.3 Å². The average Bonchev–Trinajstić information content (AvgIpc) is 2.97. The molecule has 4 nitrogen and oxygen atoms in total. The van der Waals surface area contributed by atoms with Crippen LogP contribution in [0.2, 0.25) is 0 Å². The first-order chi connectivity index (χ1) is 19.6. The minimum atomic E-state index is -0.225. The molecule has 41 heavy (non-hydrogen) atoms. The summed E-state index contributed by atoms with van der Waals surface area (Å²) < 4.78 is 0. The van der Waals surface area contributed by atoms with E-state index in [1.54, 1.807) is 12.3 Å². The normalized spacial score (nSPS) is 24.7. The second-order valence-electron chi connectivity index (χ2n) is 13.0. The van der Waals surface area contributed by atoms with Crippen LogP contribution in [0.4, 0.5) is 5.69 Å². The van der Waals surface area contributed by atoms with Gasteiger partial charge < -0.3 is 5.32 Å². The Labute approximate surface area is 243 Å². The SMILES string of the molecule is Cc1ncccc1NC(=O)c1ccc2c(c1)C(=O)CC1CC(C)(c3ccccc3)C(C)(C)CC21Cc1ccccc1. The van der Waals surface area contributed by atoms with Gasteiger partial charge in [-0.1, -0.05) is 87.5 Å². The molecule has 1 saturated carbocycles. The number of anilines is 1. The summed E-state index contributed by atoms with van der Waals surface area (Å²) in [5.74, 6) is 0.103. The molecule has 0 spiro atoms. The summed E-state index contributed by atoms with van der Waals surface area (Å²) in [6.07, 6.45) is 4.95. The molecule has 1 heterocycles. The van der Waals surface area contributed by atoms with Crippen molar-refractivity contribution in [2.24, 2.45) is 11.3 Å². The number of carbonyl (C=O) groups excluding carboxylic acids is 2. The molecule has 4 heteroatoms. The smallest absolute Gasteiger partial charge is 0.255 e. The number of benzene rings is 3. The number of aryl methyl sites for hydroxylation is 1. The van der Waals surface area contributed by atoms with E-state index < -0.39 is 0 Å². The van der Waals surface area contributed by atoms with Gasteiger partial charge in [0.25, 0.3) is 5.91 Å². The Kier molecular flexibility index (Phi) is 6.68. The van der Waals surface area contributed by atoms with Crippen LogP contribution >= 0.6 is 0 Å². The van der Waals surface area contributed by atoms with Crippen LogP contribution in [0.3, 0.4) is 0 Å². The quantitative estimate of drug-likeness (QED) is 0.277. The van der Waals surface area contributed by atoms with Crippen LogP contribution in [0.1, 0.15) is 83.1 Å². The third-order valence-corrected chi connectivity index (χ3v) is 10.3. The number of amides is 1. The molecule has 2 aliphatic rings. The highest BCUT2D eigenvalue weighted by Gasteiger charge is 2.59. The van der Waals surface area contributed by atoms with Gasteiger partial charge in [0.1, 0.15) is 0 Å². The number of pyridine rings is 1. The summed E-state index contributed by atoms with van der Waals surface area (Å²) in [7, 11) is 0. The number of hydrogen-bond donors (Lipinski definition) is 1. The van der Waals surface area contributed by atoms with Crippen molar-refractivity contribution in [3.8, 4) is 0 Å². The molecular formula is C37H38N2O2. The molecule has 0 saturated heterocycles. The maximum atomic E-state index is 13.9. The fourth-order valence-corrected chi connectivity index (χ4v) is 7.75. The first-order valence-corrected chi connectivity index (χ1v) is 14.6. The topological polar surface area (TPSA) is 59.1 Å². The second kappa shape index (κ2) is 10.1. The van der Waals surface area contributed by atoms with E-state index in [1.165, 1.54) is 11.1 Å². The van der Waals surface area contributed by atoms with Crippen molar-refractivity contribution in [1.29, 1.82) is 0 Å². The highest BCUT2D eigenvalue weighted by atomic mass is 16.1. The van der Waals surface area contributed by atoms with Gasteiger partial charge in [-0.15, -0.1) is 0 Å². The molecule has 4 aromatic rings. The zero-order valence-corrected chi connectivity index (χ0v) is 24.4. The van der Waals surface area contributed by atoms with Crippen molar-refractivity contribution in [3.05, 3.63) is 131 Å². The van der Waals surface area contributed by atoms with Crippen LogP contribution in [0.25, 0.3) is 0 Å². The predicted octanol–water partition coefficient (Wildman–Crippen LogP) is 8.10. The molecule has 0 bridgehead atoms. The summed E-state index contributed by atoms with van der Waals surface area (Å²) in [4.78, 5) is 31.5. The number of nitrogens with one attached hydrogen (secondary N) is 1. The summed E-state index contributed by atoms with van der Waals surface area (Å²) in [5.41, 5.74) is 6.03. The first kappa shape index (κ1) is 27.1. The van der Waals surface area contributed by atoms with E-state index in [-0.39, 0.29) is 33.9 Å². The highest BCUT2D eigenvalue weighted by molar-refractivity contribution is 6.07. The minimum absolute atomic E-state index is 0.0365. The van der Waals surface area contributed by atoms with E-state index in [1.807, 2.05) is 25.1 Å². The highest BCUT2D eigenvalue weighted by Crippen LogP contribution is 2.63. The third kappa shape index (κ3) is 4.60. The molecule has 0 radical (unpaired) electrons. The van der Waals surface area contributed by atoms with Gasteiger partial charge in [0.05, 0.1) is 11.4 Å². The molecule has 1 amide bonds. The fraction of sp³-hybridized carbons (Fsp3) is 0.324. The molecule has 208 valence electrons. The maximum Gasteiger partial charge on any atom is 0.255 e. The molecule has 1 N–H and O–H groups in total. The molecule has 1 aromatic heterocycles. The van der Waals surface area contributed by atoms with E-state index in [9.17, 15) is 9.59 Å². The zero-order chi connectivity index (χ0) is 28.8. The Morgan fingerprint density at radius 1 is 0.927 bits per heavy atom. The van der Waals surface area contributed by atoms with E-state index >= 15 is 0 Å². The maximum absolute atomic E-state index is 13.9. The first-order valence-electron chi connectivity index (χ1n) is 14.6. The number of ketones is 1. The predicted molar refractivity (Wildman–Crippen MR) is 164 cm³/mol. The van der Waals surface area contributed by atoms with Gasteiger partial charge in [-0.05, 0) is 83.9 Å². The minimum Gasteiger partial charge on any atom is -0.320 e. The van der Waals surface area contributed by atoms with Crippen molar-refractivity contribution in [1.82, 2.24) is 4.98 Å². The molecular weight excluding hydrogens is 504 g/mol. The van der Waals surface area contributed by atoms with Crippen LogP contribution in [0.15, 0.2) is 97.2 Å². The Morgan fingerprint density at radius 2 is 1.63 bits per heavy atom. The third-order valence-electron chi connectivity index (χ3n) is 10.3. The van der Waals surface area contributed by atoms with Crippen molar-refractivity contribution < 1.29 is 9.59 Å². The van der Waals surface area contributed by atoms with Crippen LogP contribution < -0.4 is 5.32 Å². The van der Waals surface area contributed by atoms with Gasteiger partial charge in [0, 0.05) is 29.2 Å². The lowest BCUT2D eigenvalue weighted by atomic mass is 9.42. The number of carbonyl (C=O) groups is 2. The average molecular weight is 543 g/mol. The number of nitrogens with zero attached hydrogens (tertiary/aromatic N) is 1. The Balaban J connectivity index is 1.45. The molecule has 3 unspecified atom stereocenters. The number of fused-ring (bicyclic) bond motifs is 3. The molecule has 0 aliphatic heterocycles. The van der Waals surface area contributed by atoms with E-state index in [2.05, 4.69) is 97.8 Å². The van der Waals surface area contributed by atoms with E-state index in [0.717, 1.165) is 30.5 Å². The van der Waals surface area contributed by atoms with Crippen LogP contribution in [0.5, 0.6) is 0 Å². The van der Waals surface area contributed by atoms with Crippen molar-refractivity contribution in [2.75, 3.05) is 5.32 Å². The molecule has 3 aromatic carbocycles. The number of rotatable bonds is 5. The Morgan fingerprint density at radius 3 is 2.34 bits per heavy atom. The Hall–Kier alpha value is -4.05. The summed E-state index contributed by atoms with van der Waals surface area (Å²) in [6.45, 7) is 9.06. The number of aromatic nitrogens is 1. The van der Waals surface area contributed by atoms with E-state index in [0.29, 0.717) is 23.2 Å². The Bertz CT molecular complexity index is 1610. The lowest BCUT2D eigenvalue weighted by molar-refractivity contribution is -0.00355. The zero-order valence-electron chi connectivity index (χ0n) is 24.4. The number of Topliss-reactive ketones (excluding diaryl/α,β-unsaturated/α-hetero) is 1. The van der Waals surface area contributed by atoms with Gasteiger partial charge in [0.2, 0.25) is 0 Å². The molecule has 6 rings (SSSR count). The monoisotopic (exact) mass is 542 g/mol. The standard InChI is InChI=1S/C37H38N2O2/c1-25-32(16-11-19-38-25)39-34(41)27-17-18-31-30(20-27)33(40)21-29-23-36(4,28-14-9-6-10-15-28)35(2,3)24-37(29,31)22-26-12-7-5-8-13-26/h5-20,29H,21-24H2,1-4H3,(H,39,41). The molecule has 1 fully saturated rings. The van der Waals surface area contributed by atoms with Crippen molar-refractivity contribution >= 4 is 17.4 Å². The van der Waals surface area contributed by atoms with Gasteiger partial charge in [-0.3, -0.25) is 14.6 Å². The molecule has 3 atom stereocenters. The lowest BCUT2D eigenvalue weighted by Gasteiger charge is -2.61.